The van der Waals surface area contributed by atoms with Gasteiger partial charge in [-0.15, -0.1) is 4.83 Å². The Morgan fingerprint density at radius 2 is 1.84 bits per heavy atom. The van der Waals surface area contributed by atoms with Crippen LogP contribution in [0.4, 0.5) is 24.9 Å². The van der Waals surface area contributed by atoms with E-state index in [4.69, 9.17) is 35.9 Å². The topological polar surface area (TPSA) is 243 Å². The lowest BCUT2D eigenvalue weighted by Gasteiger charge is -2.30. The zero-order valence-corrected chi connectivity index (χ0v) is 33.1. The average Bonchev–Trinajstić information content (AvgIpc) is 3.83. The number of hydrazine groups is 1. The monoisotopic (exact) mass is 862 g/mol. The fourth-order valence-electron chi connectivity index (χ4n) is 5.96. The van der Waals surface area contributed by atoms with Crippen LogP contribution in [0, 0.1) is 0 Å². The van der Waals surface area contributed by atoms with Crippen molar-refractivity contribution in [1.82, 2.24) is 29.4 Å². The molecule has 0 spiro atoms. The summed E-state index contributed by atoms with van der Waals surface area (Å²) in [5.74, 6) is -1.39. The van der Waals surface area contributed by atoms with Crippen LogP contribution >= 0.6 is 19.3 Å². The van der Waals surface area contributed by atoms with E-state index in [-0.39, 0.29) is 40.3 Å². The van der Waals surface area contributed by atoms with Crippen LogP contribution in [0.15, 0.2) is 54.9 Å². The molecule has 1 aliphatic carbocycles. The molecule has 0 bridgehead atoms. The summed E-state index contributed by atoms with van der Waals surface area (Å²) >= 11 is 5.99. The highest BCUT2D eigenvalue weighted by atomic mass is 35.5. The Bertz CT molecular complexity index is 2300. The number of aromatic nitrogens is 4. The first-order valence-corrected chi connectivity index (χ1v) is 20.9. The maximum Gasteiger partial charge on any atom is 0.459 e. The molecule has 5 atom stereocenters. The third kappa shape index (κ3) is 9.61. The second kappa shape index (κ2) is 15.6. The van der Waals surface area contributed by atoms with Gasteiger partial charge >= 0.3 is 19.9 Å². The summed E-state index contributed by atoms with van der Waals surface area (Å²) < 4.78 is 103. The van der Waals surface area contributed by atoms with Crippen molar-refractivity contribution in [2.75, 3.05) is 23.6 Å². The van der Waals surface area contributed by atoms with E-state index in [1.54, 1.807) is 0 Å². The van der Waals surface area contributed by atoms with Gasteiger partial charge in [0, 0.05) is 16.6 Å². The van der Waals surface area contributed by atoms with Crippen LogP contribution in [0.25, 0.3) is 11.2 Å². The van der Waals surface area contributed by atoms with Gasteiger partial charge in [-0.25, -0.2) is 18.0 Å². The van der Waals surface area contributed by atoms with Crippen molar-refractivity contribution in [2.24, 2.45) is 0 Å². The number of fused-ring (bicyclic) bond motifs is 1. The number of carbonyl (C=O) groups excluding carboxylic acids is 1. The molecular weight excluding hydrogens is 824 g/mol. The van der Waals surface area contributed by atoms with Crippen molar-refractivity contribution < 1.29 is 59.7 Å². The molecule has 6 N–H and O–H groups in total. The molecule has 6 rings (SSSR count). The SMILES string of the molecule is CC(C)(NP(=O)(OCC1O[C@@H](n2cnc3c(N(NS(C)(=O)=O)C4CC4)nc(N)nc32)[C@](C)(O)[C@@H]1O)Oc1ccc(Cl)cc1)C(=O)OCc1ccccc1C(F)(F)F. The number of esters is 1. The van der Waals surface area contributed by atoms with E-state index < -0.39 is 78.3 Å². The first-order valence-electron chi connectivity index (χ1n) is 17.1. The average molecular weight is 863 g/mol. The molecule has 3 heterocycles. The van der Waals surface area contributed by atoms with E-state index in [2.05, 4.69) is 24.9 Å². The minimum Gasteiger partial charge on any atom is -0.459 e. The lowest BCUT2D eigenvalue weighted by molar-refractivity contribution is -0.152. The molecule has 0 radical (unpaired) electrons. The fourth-order valence-corrected chi connectivity index (χ4v) is 8.36. The molecule has 18 nitrogen and oxygen atoms in total. The first kappa shape index (κ1) is 42.5. The summed E-state index contributed by atoms with van der Waals surface area (Å²) in [7, 11) is -8.47. The van der Waals surface area contributed by atoms with Crippen LogP contribution in [0.3, 0.4) is 0 Å². The van der Waals surface area contributed by atoms with Gasteiger partial charge in [0.1, 0.15) is 35.7 Å². The molecule has 1 aliphatic heterocycles. The minimum atomic E-state index is -4.72. The van der Waals surface area contributed by atoms with Gasteiger partial charge in [0.2, 0.25) is 16.0 Å². The Kier molecular flexibility index (Phi) is 11.6. The van der Waals surface area contributed by atoms with Crippen molar-refractivity contribution in [3.63, 3.8) is 0 Å². The largest absolute Gasteiger partial charge is 0.459 e. The molecule has 0 amide bonds. The van der Waals surface area contributed by atoms with Gasteiger partial charge in [0.05, 0.1) is 24.8 Å². The van der Waals surface area contributed by atoms with E-state index >= 15 is 0 Å². The van der Waals surface area contributed by atoms with Gasteiger partial charge in [-0.3, -0.25) is 18.9 Å². The Balaban J connectivity index is 1.23. The second-order valence-electron chi connectivity index (χ2n) is 14.2. The van der Waals surface area contributed by atoms with Crippen molar-refractivity contribution in [1.29, 1.82) is 0 Å². The number of sulfonamides is 1. The molecule has 1 saturated carbocycles. The number of hydrogen-bond acceptors (Lipinski definition) is 15. The second-order valence-corrected chi connectivity index (χ2v) is 18.0. The van der Waals surface area contributed by atoms with E-state index in [1.807, 2.05) is 0 Å². The predicted octanol–water partition coefficient (Wildman–Crippen LogP) is 3.84. The summed E-state index contributed by atoms with van der Waals surface area (Å²) in [6, 6.07) is 9.83. The number of nitrogens with zero attached hydrogens (tertiary/aromatic N) is 5. The fraction of sp³-hybridized carbons (Fsp3) is 0.455. The van der Waals surface area contributed by atoms with Gasteiger partial charge in [-0.2, -0.15) is 28.2 Å². The molecule has 57 heavy (non-hydrogen) atoms. The molecule has 2 fully saturated rings. The Labute approximate surface area is 329 Å². The molecular formula is C33H39ClF3N8O10PS. The molecule has 4 aromatic rings. The predicted molar refractivity (Wildman–Crippen MR) is 198 cm³/mol. The third-order valence-electron chi connectivity index (χ3n) is 8.89. The maximum atomic E-state index is 14.4. The normalized spacial score (nSPS) is 22.7. The summed E-state index contributed by atoms with van der Waals surface area (Å²) in [5, 5.41) is 27.0. The number of ether oxygens (including phenoxy) is 2. The zero-order valence-electron chi connectivity index (χ0n) is 30.7. The lowest BCUT2D eigenvalue weighted by atomic mass is 9.96. The lowest BCUT2D eigenvalue weighted by Crippen LogP contribution is -2.47. The number of rotatable bonds is 15. The smallest absolute Gasteiger partial charge is 0.459 e. The number of imidazole rings is 1. The summed E-state index contributed by atoms with van der Waals surface area (Å²) in [5.41, 5.74) is 0.774. The zero-order chi connectivity index (χ0) is 41.7. The standard InChI is InChI=1S/C33H39ClF3N8O10PS/c1-31(2,29(47)52-15-18-7-5-6-8-22(18)33(35,36)37)42-56(49,55-21-13-9-19(34)10-14-21)53-16-23-25(46)32(3,48)28(54-23)44-17-39-24-26(44)40-30(38)41-27(24)45(20-11-12-20)43-57(4,50)51/h5-10,13-14,17,20,23,25,28,43,46,48H,11-12,15-16H2,1-4H3,(H,42,49)(H2,38,40,41)/t23?,25-,28-,32-,56?/m1/s1. The number of hydrogen-bond donors (Lipinski definition) is 5. The van der Waals surface area contributed by atoms with Crippen LogP contribution in [0.1, 0.15) is 51.0 Å². The first-order chi connectivity index (χ1) is 26.5. The van der Waals surface area contributed by atoms with E-state index in [0.29, 0.717) is 17.9 Å². The van der Waals surface area contributed by atoms with Crippen LogP contribution in [-0.4, -0.2) is 86.4 Å². The van der Waals surface area contributed by atoms with Crippen molar-refractivity contribution >= 4 is 58.3 Å². The highest BCUT2D eigenvalue weighted by Crippen LogP contribution is 2.49. The Morgan fingerprint density at radius 3 is 2.47 bits per heavy atom. The van der Waals surface area contributed by atoms with E-state index in [9.17, 15) is 41.2 Å². The van der Waals surface area contributed by atoms with E-state index in [1.165, 1.54) is 73.1 Å². The Morgan fingerprint density at radius 1 is 1.18 bits per heavy atom. The minimum absolute atomic E-state index is 0.00836. The molecule has 24 heteroatoms. The number of aliphatic hydroxyl groups excluding tert-OH is 1. The highest BCUT2D eigenvalue weighted by molar-refractivity contribution is 7.88. The molecule has 2 aromatic carbocycles. The maximum absolute atomic E-state index is 14.4. The van der Waals surface area contributed by atoms with Crippen molar-refractivity contribution in [3.05, 3.63) is 71.0 Å². The number of anilines is 2. The molecule has 2 aliphatic rings. The van der Waals surface area contributed by atoms with Gasteiger partial charge in [0.25, 0.3) is 0 Å². The van der Waals surface area contributed by atoms with Gasteiger partial charge < -0.3 is 29.9 Å². The number of alkyl halides is 3. The van der Waals surface area contributed by atoms with Gasteiger partial charge in [0.15, 0.2) is 23.2 Å². The van der Waals surface area contributed by atoms with Crippen LogP contribution < -0.4 is 25.2 Å². The van der Waals surface area contributed by atoms with Crippen LogP contribution in [-0.2, 0) is 46.2 Å². The van der Waals surface area contributed by atoms with Crippen molar-refractivity contribution in [3.8, 4) is 5.75 Å². The molecule has 2 unspecified atom stereocenters. The van der Waals surface area contributed by atoms with Gasteiger partial charge in [-0.1, -0.05) is 29.8 Å². The number of nitrogens with two attached hydrogens (primary N) is 1. The number of nitrogen functional groups attached to an aromatic ring is 1. The molecule has 1 saturated heterocycles. The summed E-state index contributed by atoms with van der Waals surface area (Å²) in [4.78, 5) is 28.5. The Hall–Kier alpha value is -4.12. The highest BCUT2D eigenvalue weighted by Gasteiger charge is 2.55. The summed E-state index contributed by atoms with van der Waals surface area (Å²) in [6.07, 6.45) is -5.83. The van der Waals surface area contributed by atoms with E-state index in [0.717, 1.165) is 18.4 Å². The quantitative estimate of drug-likeness (QED) is 0.0648. The molecule has 310 valence electrons. The number of benzene rings is 2. The third-order valence-corrected chi connectivity index (χ3v) is 11.4. The number of aliphatic hydroxyl groups is 2. The number of halogens is 4. The van der Waals surface area contributed by atoms with Crippen LogP contribution in [0.2, 0.25) is 5.02 Å². The number of nitrogens with one attached hydrogen (secondary N) is 2. The van der Waals surface area contributed by atoms with Crippen molar-refractivity contribution in [2.45, 2.75) is 82.0 Å². The van der Waals surface area contributed by atoms with Crippen LogP contribution in [0.5, 0.6) is 5.75 Å². The van der Waals surface area contributed by atoms with Gasteiger partial charge in [-0.05, 0) is 63.9 Å². The molecule has 2 aromatic heterocycles. The number of carbonyl (C=O) groups is 1. The summed E-state index contributed by atoms with van der Waals surface area (Å²) in [6.45, 7) is 2.21.